The molecule has 0 bridgehead atoms. The van der Waals surface area contributed by atoms with Crippen LogP contribution < -0.4 is 10.1 Å². The maximum atomic E-state index is 11.3. The van der Waals surface area contributed by atoms with E-state index in [9.17, 15) is 9.90 Å². The van der Waals surface area contributed by atoms with Crippen LogP contribution in [0.25, 0.3) is 0 Å². The number of nitrogens with zero attached hydrogens (tertiary/aromatic N) is 1. The van der Waals surface area contributed by atoms with E-state index >= 15 is 0 Å². The summed E-state index contributed by atoms with van der Waals surface area (Å²) in [6, 6.07) is 23.8. The summed E-state index contributed by atoms with van der Waals surface area (Å²) in [6.07, 6.45) is -0.513. The van der Waals surface area contributed by atoms with E-state index in [1.54, 1.807) is 18.7 Å². The van der Waals surface area contributed by atoms with Gasteiger partial charge in [-0.05, 0) is 42.8 Å². The van der Waals surface area contributed by atoms with Gasteiger partial charge in [-0.2, -0.15) is 0 Å². The van der Waals surface area contributed by atoms with E-state index in [-0.39, 0.29) is 0 Å². The second-order valence-corrected chi connectivity index (χ2v) is 8.47. The van der Waals surface area contributed by atoms with Crippen molar-refractivity contribution < 1.29 is 19.4 Å². The van der Waals surface area contributed by atoms with Crippen LogP contribution in [-0.4, -0.2) is 42.0 Å². The fourth-order valence-electron chi connectivity index (χ4n) is 3.52. The average Bonchev–Trinajstić information content (AvgIpc) is 2.99. The predicted octanol–water partition coefficient (Wildman–Crippen LogP) is 5.39. The fourth-order valence-corrected chi connectivity index (χ4v) is 4.55. The zero-order valence-corrected chi connectivity index (χ0v) is 19.2. The van der Waals surface area contributed by atoms with Crippen LogP contribution in [0, 0.1) is 0 Å². The SMILES string of the molecule is CCOC(Cc1ccc(OCCN=C2Sc3ccccc3Nc3ccccc32)cc1)C(=O)O. The Morgan fingerprint density at radius 1 is 1.03 bits per heavy atom. The molecule has 0 aromatic heterocycles. The largest absolute Gasteiger partial charge is 0.492 e. The van der Waals surface area contributed by atoms with Gasteiger partial charge in [-0.15, -0.1) is 0 Å². The number of aliphatic imine (C=N–C) groups is 1. The summed E-state index contributed by atoms with van der Waals surface area (Å²) in [6.45, 7) is 3.12. The molecular formula is C26H26N2O4S. The van der Waals surface area contributed by atoms with Crippen LogP contribution in [0.5, 0.6) is 5.75 Å². The molecule has 1 heterocycles. The number of carboxylic acid groups (broad SMARTS) is 1. The lowest BCUT2D eigenvalue weighted by Gasteiger charge is -2.13. The summed E-state index contributed by atoms with van der Waals surface area (Å²) in [5.74, 6) is -0.227. The lowest BCUT2D eigenvalue weighted by molar-refractivity contribution is -0.149. The van der Waals surface area contributed by atoms with Gasteiger partial charge < -0.3 is 19.9 Å². The van der Waals surface area contributed by atoms with E-state index in [1.807, 2.05) is 48.5 Å². The average molecular weight is 463 g/mol. The molecule has 33 heavy (non-hydrogen) atoms. The molecule has 2 N–H and O–H groups in total. The second-order valence-electron chi connectivity index (χ2n) is 7.43. The molecule has 1 aliphatic heterocycles. The van der Waals surface area contributed by atoms with E-state index in [4.69, 9.17) is 14.5 Å². The number of aliphatic carboxylic acids is 1. The maximum Gasteiger partial charge on any atom is 0.333 e. The number of ether oxygens (including phenoxy) is 2. The van der Waals surface area contributed by atoms with Crippen LogP contribution in [-0.2, 0) is 16.0 Å². The Bertz CT molecular complexity index is 1130. The Hall–Kier alpha value is -3.29. The van der Waals surface area contributed by atoms with Crippen LogP contribution in [0.3, 0.4) is 0 Å². The lowest BCUT2D eigenvalue weighted by atomic mass is 10.1. The number of benzene rings is 3. The number of fused-ring (bicyclic) bond motifs is 2. The highest BCUT2D eigenvalue weighted by molar-refractivity contribution is 8.14. The first kappa shape index (κ1) is 22.9. The molecule has 0 spiro atoms. The Balaban J connectivity index is 1.38. The number of carboxylic acids is 1. The number of nitrogens with one attached hydrogen (secondary N) is 1. The van der Waals surface area contributed by atoms with Crippen molar-refractivity contribution in [3.8, 4) is 5.75 Å². The Morgan fingerprint density at radius 3 is 2.52 bits per heavy atom. The number of rotatable bonds is 9. The van der Waals surface area contributed by atoms with Gasteiger partial charge in [0.25, 0.3) is 0 Å². The van der Waals surface area contributed by atoms with Gasteiger partial charge in [0.05, 0.1) is 12.2 Å². The molecule has 3 aromatic rings. The molecule has 1 atom stereocenters. The standard InChI is InChI=1S/C26H26N2O4S/c1-2-31-23(26(29)30)17-18-11-13-19(14-12-18)32-16-15-27-25-20-7-3-4-8-21(20)28-22-9-5-6-10-24(22)33-25/h3-14,23,28H,2,15-17H2,1H3,(H,29,30). The van der Waals surface area contributed by atoms with Gasteiger partial charge in [0, 0.05) is 29.2 Å². The molecule has 3 aromatic carbocycles. The van der Waals surface area contributed by atoms with E-state index in [1.165, 1.54) is 0 Å². The number of para-hydroxylation sites is 2. The molecule has 7 heteroatoms. The zero-order chi connectivity index (χ0) is 23.0. The summed E-state index contributed by atoms with van der Waals surface area (Å²) >= 11 is 1.65. The number of hydrogen-bond acceptors (Lipinski definition) is 6. The molecule has 1 unspecified atom stereocenters. The molecule has 0 saturated carbocycles. The number of hydrogen-bond donors (Lipinski definition) is 2. The summed E-state index contributed by atoms with van der Waals surface area (Å²) in [5.41, 5.74) is 4.08. The Labute approximate surface area is 197 Å². The number of carbonyl (C=O) groups is 1. The Kier molecular flexibility index (Phi) is 7.65. The third-order valence-electron chi connectivity index (χ3n) is 5.12. The van der Waals surface area contributed by atoms with Crippen molar-refractivity contribution in [3.63, 3.8) is 0 Å². The topological polar surface area (TPSA) is 80.2 Å². The van der Waals surface area contributed by atoms with E-state index in [2.05, 4.69) is 29.6 Å². The molecule has 0 radical (unpaired) electrons. The third kappa shape index (κ3) is 5.94. The highest BCUT2D eigenvalue weighted by Crippen LogP contribution is 2.38. The minimum atomic E-state index is -0.952. The Morgan fingerprint density at radius 2 is 1.76 bits per heavy atom. The van der Waals surface area contributed by atoms with Crippen molar-refractivity contribution >= 4 is 34.1 Å². The quantitative estimate of drug-likeness (QED) is 0.415. The molecule has 170 valence electrons. The molecular weight excluding hydrogens is 436 g/mol. The molecule has 0 fully saturated rings. The van der Waals surface area contributed by atoms with Crippen molar-refractivity contribution in [2.24, 2.45) is 4.99 Å². The molecule has 6 nitrogen and oxygen atoms in total. The fraction of sp³-hybridized carbons (Fsp3) is 0.231. The van der Waals surface area contributed by atoms with Crippen molar-refractivity contribution in [1.29, 1.82) is 0 Å². The van der Waals surface area contributed by atoms with Crippen molar-refractivity contribution in [2.45, 2.75) is 24.3 Å². The predicted molar refractivity (Wildman–Crippen MR) is 132 cm³/mol. The van der Waals surface area contributed by atoms with Gasteiger partial charge >= 0.3 is 5.97 Å². The summed E-state index contributed by atoms with van der Waals surface area (Å²) in [4.78, 5) is 17.2. The first-order valence-electron chi connectivity index (χ1n) is 10.9. The minimum Gasteiger partial charge on any atom is -0.492 e. The molecule has 0 saturated heterocycles. The van der Waals surface area contributed by atoms with Gasteiger partial charge in [-0.25, -0.2) is 4.79 Å². The van der Waals surface area contributed by atoms with Gasteiger partial charge in [0.2, 0.25) is 0 Å². The third-order valence-corrected chi connectivity index (χ3v) is 6.24. The van der Waals surface area contributed by atoms with Crippen molar-refractivity contribution in [3.05, 3.63) is 83.9 Å². The van der Waals surface area contributed by atoms with E-state index < -0.39 is 12.1 Å². The second kappa shape index (κ2) is 11.0. The van der Waals surface area contributed by atoms with Crippen LogP contribution in [0.2, 0.25) is 0 Å². The first-order valence-corrected chi connectivity index (χ1v) is 11.7. The van der Waals surface area contributed by atoms with Crippen LogP contribution >= 0.6 is 11.8 Å². The highest BCUT2D eigenvalue weighted by Gasteiger charge is 2.19. The van der Waals surface area contributed by atoms with Crippen LogP contribution in [0.1, 0.15) is 18.1 Å². The number of anilines is 2. The molecule has 0 aliphatic carbocycles. The smallest absolute Gasteiger partial charge is 0.333 e. The minimum absolute atomic E-state index is 0.323. The first-order chi connectivity index (χ1) is 16.1. The van der Waals surface area contributed by atoms with Crippen LogP contribution in [0.4, 0.5) is 11.4 Å². The van der Waals surface area contributed by atoms with Gasteiger partial charge in [0.1, 0.15) is 17.4 Å². The number of thioether (sulfide) groups is 1. The molecule has 1 aliphatic rings. The highest BCUT2D eigenvalue weighted by atomic mass is 32.2. The van der Waals surface area contributed by atoms with Gasteiger partial charge in [-0.3, -0.25) is 4.99 Å². The van der Waals surface area contributed by atoms with Crippen molar-refractivity contribution in [2.75, 3.05) is 25.1 Å². The van der Waals surface area contributed by atoms with Gasteiger partial charge in [0.15, 0.2) is 6.10 Å². The normalized spacial score (nSPS) is 14.5. The van der Waals surface area contributed by atoms with E-state index in [0.29, 0.717) is 26.2 Å². The van der Waals surface area contributed by atoms with Crippen molar-refractivity contribution in [1.82, 2.24) is 0 Å². The maximum absolute atomic E-state index is 11.3. The zero-order valence-electron chi connectivity index (χ0n) is 18.4. The molecule has 4 rings (SSSR count). The van der Waals surface area contributed by atoms with E-state index in [0.717, 1.165) is 38.2 Å². The van der Waals surface area contributed by atoms with Gasteiger partial charge in [-0.1, -0.05) is 54.2 Å². The monoisotopic (exact) mass is 462 g/mol. The lowest BCUT2D eigenvalue weighted by Crippen LogP contribution is -2.26. The summed E-state index contributed by atoms with van der Waals surface area (Å²) in [7, 11) is 0. The summed E-state index contributed by atoms with van der Waals surface area (Å²) in [5, 5.41) is 13.7. The summed E-state index contributed by atoms with van der Waals surface area (Å²) < 4.78 is 11.1. The van der Waals surface area contributed by atoms with Crippen LogP contribution in [0.15, 0.2) is 82.7 Å². The molecule has 0 amide bonds.